The van der Waals surface area contributed by atoms with Crippen molar-refractivity contribution in [3.63, 3.8) is 0 Å². The maximum absolute atomic E-state index is 12.0. The fraction of sp³-hybridized carbons (Fsp3) is 0.688. The summed E-state index contributed by atoms with van der Waals surface area (Å²) in [6, 6.07) is 1.91. The third-order valence-corrected chi connectivity index (χ3v) is 4.03. The first-order valence-electron chi connectivity index (χ1n) is 8.39. The predicted molar refractivity (Wildman–Crippen MR) is 89.9 cm³/mol. The van der Waals surface area contributed by atoms with E-state index < -0.39 is 0 Å². The molecule has 0 unspecified atom stereocenters. The van der Waals surface area contributed by atoms with Gasteiger partial charge in [-0.1, -0.05) is 0 Å². The third-order valence-electron chi connectivity index (χ3n) is 4.03. The molecule has 8 heteroatoms. The molecule has 0 aliphatic carbocycles. The lowest BCUT2D eigenvalue weighted by atomic mass is 10.3. The van der Waals surface area contributed by atoms with Gasteiger partial charge in [0.25, 0.3) is 0 Å². The van der Waals surface area contributed by atoms with Crippen LogP contribution >= 0.6 is 0 Å². The number of amides is 3. The van der Waals surface area contributed by atoms with Crippen molar-refractivity contribution in [3.05, 3.63) is 17.5 Å². The largest absolute Gasteiger partial charge is 0.449 e. The maximum atomic E-state index is 12.0. The van der Waals surface area contributed by atoms with Crippen LogP contribution in [0.1, 0.15) is 24.2 Å². The van der Waals surface area contributed by atoms with Crippen LogP contribution in [0.5, 0.6) is 0 Å². The number of carbonyl (C=O) groups is 2. The van der Waals surface area contributed by atoms with Crippen LogP contribution in [0.3, 0.4) is 0 Å². The van der Waals surface area contributed by atoms with Gasteiger partial charge in [0.1, 0.15) is 0 Å². The molecule has 0 saturated carbocycles. The van der Waals surface area contributed by atoms with Crippen molar-refractivity contribution in [1.82, 2.24) is 24.9 Å². The van der Waals surface area contributed by atoms with Crippen LogP contribution in [0, 0.1) is 13.8 Å². The average Bonchev–Trinajstić information content (AvgIpc) is 2.86. The Morgan fingerprint density at radius 1 is 1.42 bits per heavy atom. The molecule has 0 spiro atoms. The lowest BCUT2D eigenvalue weighted by Gasteiger charge is -2.26. The Labute approximate surface area is 142 Å². The van der Waals surface area contributed by atoms with Gasteiger partial charge in [0.15, 0.2) is 0 Å². The molecule has 2 heterocycles. The van der Waals surface area contributed by atoms with Gasteiger partial charge in [-0.2, -0.15) is 5.10 Å². The number of aryl methyl sites for hydroxylation is 3. The zero-order valence-corrected chi connectivity index (χ0v) is 14.7. The van der Waals surface area contributed by atoms with Crippen LogP contribution in [-0.2, 0) is 11.3 Å². The van der Waals surface area contributed by atoms with Gasteiger partial charge in [-0.05, 0) is 32.8 Å². The molecular weight excluding hydrogens is 310 g/mol. The quantitative estimate of drug-likeness (QED) is 0.815. The molecule has 0 bridgehead atoms. The Morgan fingerprint density at radius 2 is 2.21 bits per heavy atom. The molecule has 0 atom stereocenters. The van der Waals surface area contributed by atoms with Gasteiger partial charge in [-0.3, -0.25) is 4.68 Å². The van der Waals surface area contributed by atoms with Gasteiger partial charge >= 0.3 is 12.1 Å². The van der Waals surface area contributed by atoms with Crippen LogP contribution in [0.15, 0.2) is 6.07 Å². The average molecular weight is 337 g/mol. The minimum Gasteiger partial charge on any atom is -0.449 e. The SMILES string of the molecule is Cc1cc(C)n(CCCN(C)C(=O)NCCN2CCCOC2=O)n1. The lowest BCUT2D eigenvalue weighted by molar-refractivity contribution is 0.0733. The van der Waals surface area contributed by atoms with Gasteiger partial charge < -0.3 is 19.9 Å². The lowest BCUT2D eigenvalue weighted by Crippen LogP contribution is -2.45. The number of rotatable bonds is 7. The smallest absolute Gasteiger partial charge is 0.409 e. The number of ether oxygens (including phenoxy) is 1. The Balaban J connectivity index is 1.63. The first-order valence-corrected chi connectivity index (χ1v) is 8.39. The minimum atomic E-state index is -0.297. The topological polar surface area (TPSA) is 79.7 Å². The summed E-state index contributed by atoms with van der Waals surface area (Å²) in [7, 11) is 1.77. The number of aromatic nitrogens is 2. The van der Waals surface area contributed by atoms with Crippen molar-refractivity contribution in [2.24, 2.45) is 0 Å². The van der Waals surface area contributed by atoms with Gasteiger partial charge in [0, 0.05) is 45.5 Å². The molecule has 1 aliphatic rings. The highest BCUT2D eigenvalue weighted by Crippen LogP contribution is 2.04. The molecular formula is C16H27N5O3. The number of carbonyl (C=O) groups excluding carboxylic acids is 2. The minimum absolute atomic E-state index is 0.131. The molecule has 24 heavy (non-hydrogen) atoms. The molecule has 1 fully saturated rings. The van der Waals surface area contributed by atoms with E-state index in [-0.39, 0.29) is 12.1 Å². The highest BCUT2D eigenvalue weighted by Gasteiger charge is 2.19. The molecule has 2 rings (SSSR count). The molecule has 0 radical (unpaired) electrons. The Hall–Kier alpha value is -2.25. The van der Waals surface area contributed by atoms with Crippen molar-refractivity contribution < 1.29 is 14.3 Å². The number of nitrogens with zero attached hydrogens (tertiary/aromatic N) is 4. The molecule has 1 aromatic rings. The van der Waals surface area contributed by atoms with Crippen LogP contribution < -0.4 is 5.32 Å². The van der Waals surface area contributed by atoms with Crippen molar-refractivity contribution in [3.8, 4) is 0 Å². The Bertz CT molecular complexity index is 572. The van der Waals surface area contributed by atoms with Gasteiger partial charge in [0.05, 0.1) is 12.3 Å². The summed E-state index contributed by atoms with van der Waals surface area (Å²) < 4.78 is 6.92. The molecule has 8 nitrogen and oxygen atoms in total. The second kappa shape index (κ2) is 8.56. The second-order valence-electron chi connectivity index (χ2n) is 6.11. The first-order chi connectivity index (χ1) is 11.5. The van der Waals surface area contributed by atoms with Crippen molar-refractivity contribution in [1.29, 1.82) is 0 Å². The summed E-state index contributed by atoms with van der Waals surface area (Å²) in [5.41, 5.74) is 2.14. The number of nitrogens with one attached hydrogen (secondary N) is 1. The van der Waals surface area contributed by atoms with Crippen LogP contribution in [0.4, 0.5) is 9.59 Å². The number of cyclic esters (lactones) is 1. The Kier molecular flexibility index (Phi) is 6.45. The maximum Gasteiger partial charge on any atom is 0.409 e. The zero-order chi connectivity index (χ0) is 17.5. The monoisotopic (exact) mass is 337 g/mol. The molecule has 134 valence electrons. The van der Waals surface area contributed by atoms with Crippen molar-refractivity contribution in [2.45, 2.75) is 33.2 Å². The standard InChI is InChI=1S/C16H27N5O3/c1-13-12-14(2)21(18-13)9-4-7-19(3)15(22)17-6-10-20-8-5-11-24-16(20)23/h12H,4-11H2,1-3H3,(H,17,22). The fourth-order valence-corrected chi connectivity index (χ4v) is 2.69. The van der Waals surface area contributed by atoms with Crippen LogP contribution in [0.25, 0.3) is 0 Å². The third kappa shape index (κ3) is 5.14. The molecule has 1 aliphatic heterocycles. The summed E-state index contributed by atoms with van der Waals surface area (Å²) in [5, 5.41) is 7.24. The summed E-state index contributed by atoms with van der Waals surface area (Å²) >= 11 is 0. The van der Waals surface area contributed by atoms with E-state index in [1.807, 2.05) is 24.6 Å². The van der Waals surface area contributed by atoms with Gasteiger partial charge in [0.2, 0.25) is 0 Å². The predicted octanol–water partition coefficient (Wildman–Crippen LogP) is 1.37. The van der Waals surface area contributed by atoms with Gasteiger partial charge in [-0.25, -0.2) is 9.59 Å². The van der Waals surface area contributed by atoms with E-state index in [2.05, 4.69) is 10.4 Å². The van der Waals surface area contributed by atoms with E-state index in [0.29, 0.717) is 32.8 Å². The summed E-state index contributed by atoms with van der Waals surface area (Å²) in [6.07, 6.45) is 1.38. The molecule has 0 aromatic carbocycles. The highest BCUT2D eigenvalue weighted by molar-refractivity contribution is 5.74. The zero-order valence-electron chi connectivity index (χ0n) is 14.7. The van der Waals surface area contributed by atoms with Crippen molar-refractivity contribution >= 4 is 12.1 Å². The van der Waals surface area contributed by atoms with E-state index in [1.165, 1.54) is 0 Å². The number of urea groups is 1. The van der Waals surface area contributed by atoms with E-state index in [1.54, 1.807) is 16.8 Å². The van der Waals surface area contributed by atoms with Crippen LogP contribution in [0.2, 0.25) is 0 Å². The van der Waals surface area contributed by atoms with E-state index in [9.17, 15) is 9.59 Å². The first kappa shape index (κ1) is 18.1. The molecule has 1 saturated heterocycles. The Morgan fingerprint density at radius 3 is 2.88 bits per heavy atom. The van der Waals surface area contributed by atoms with Crippen LogP contribution in [-0.4, -0.2) is 71.5 Å². The number of hydrogen-bond acceptors (Lipinski definition) is 4. The normalized spacial score (nSPS) is 14.5. The van der Waals surface area contributed by atoms with E-state index in [4.69, 9.17) is 4.74 Å². The summed E-state index contributed by atoms with van der Waals surface area (Å²) in [6.45, 7) is 7.52. The second-order valence-corrected chi connectivity index (χ2v) is 6.11. The molecule has 1 N–H and O–H groups in total. The van der Waals surface area contributed by atoms with Gasteiger partial charge in [-0.15, -0.1) is 0 Å². The fourth-order valence-electron chi connectivity index (χ4n) is 2.69. The van der Waals surface area contributed by atoms with Crippen molar-refractivity contribution in [2.75, 3.05) is 39.8 Å². The summed E-state index contributed by atoms with van der Waals surface area (Å²) in [5.74, 6) is 0. The summed E-state index contributed by atoms with van der Waals surface area (Å²) in [4.78, 5) is 26.8. The molecule has 3 amide bonds. The van der Waals surface area contributed by atoms with E-state index in [0.717, 1.165) is 30.8 Å². The van der Waals surface area contributed by atoms with E-state index >= 15 is 0 Å². The molecule has 1 aromatic heterocycles. The highest BCUT2D eigenvalue weighted by atomic mass is 16.6. The number of hydrogen-bond donors (Lipinski definition) is 1.